The molecule has 2 rings (SSSR count). The molecule has 0 saturated carbocycles. The summed E-state index contributed by atoms with van der Waals surface area (Å²) < 4.78 is 0.637. The van der Waals surface area contributed by atoms with Crippen molar-refractivity contribution >= 4 is 28.7 Å². The lowest BCUT2D eigenvalue weighted by molar-refractivity contribution is -0.605. The van der Waals surface area contributed by atoms with Gasteiger partial charge in [-0.05, 0) is 32.0 Å². The van der Waals surface area contributed by atoms with E-state index < -0.39 is 18.0 Å². The second kappa shape index (κ2) is 13.5. The summed E-state index contributed by atoms with van der Waals surface area (Å²) in [5, 5.41) is 40.4. The van der Waals surface area contributed by atoms with Crippen LogP contribution >= 0.6 is 11.6 Å². The predicted molar refractivity (Wildman–Crippen MR) is 104 cm³/mol. The number of β-amino-alcohol motifs (C(OH)–C–C–N with tert-alkyl or cyclic N) is 1. The first-order chi connectivity index (χ1) is 13.8. The smallest absolute Gasteiger partial charge is 0.328 e. The van der Waals surface area contributed by atoms with Crippen LogP contribution in [0, 0.1) is 5.21 Å². The third kappa shape index (κ3) is 11.7. The monoisotopic (exact) mass is 429 g/mol. The molecule has 1 aliphatic heterocycles. The molecular formula is C18H24ClN3O7. The molecule has 29 heavy (non-hydrogen) atoms. The Labute approximate surface area is 172 Å². The number of likely N-dealkylation sites (tertiary alicyclic amines) is 1. The zero-order valence-electron chi connectivity index (χ0n) is 15.7. The first kappa shape index (κ1) is 24.3. The largest absolute Gasteiger partial charge is 0.619 e. The van der Waals surface area contributed by atoms with E-state index in [0.29, 0.717) is 29.0 Å². The molecule has 1 fully saturated rings. The standard InChI is InChI=1S/C14H20ClN3O3.C4H4O4/c15-14(12-5-4-8-18(20)9-12)16-21-11-13(19)10-17-6-2-1-3-7-17;5-3(6)1-2-4(7)8/h4-5,8-9,13,19H,1-3,6-7,10-11H2;1-2H,(H,5,6)(H,7,8)/b16-14-;2-1-. The lowest BCUT2D eigenvalue weighted by atomic mass is 10.1. The molecule has 10 nitrogen and oxygen atoms in total. The summed E-state index contributed by atoms with van der Waals surface area (Å²) in [4.78, 5) is 26.4. The van der Waals surface area contributed by atoms with Crippen molar-refractivity contribution in [2.75, 3.05) is 26.2 Å². The van der Waals surface area contributed by atoms with E-state index in [4.69, 9.17) is 26.7 Å². The first-order valence-electron chi connectivity index (χ1n) is 8.87. The molecule has 1 aromatic rings. The number of nitrogens with zero attached hydrogens (tertiary/aromatic N) is 3. The summed E-state index contributed by atoms with van der Waals surface area (Å²) in [7, 11) is 0. The van der Waals surface area contributed by atoms with Crippen molar-refractivity contribution in [1.82, 2.24) is 4.90 Å². The van der Waals surface area contributed by atoms with Gasteiger partial charge < -0.3 is 30.3 Å². The SMILES string of the molecule is O=C(O)/C=C\C(=O)O.[O-][n+]1cccc(/C(Cl)=N/OCC(O)CN2CCCCC2)c1. The molecule has 1 aliphatic rings. The van der Waals surface area contributed by atoms with E-state index >= 15 is 0 Å². The Bertz CT molecular complexity index is 705. The second-order valence-corrected chi connectivity index (χ2v) is 6.51. The fourth-order valence-electron chi connectivity index (χ4n) is 2.44. The number of carbonyl (C=O) groups is 2. The Morgan fingerprint density at radius 1 is 1.28 bits per heavy atom. The van der Waals surface area contributed by atoms with Gasteiger partial charge in [-0.1, -0.05) is 23.2 Å². The van der Waals surface area contributed by atoms with Crippen molar-refractivity contribution in [3.05, 3.63) is 47.4 Å². The number of hydrogen-bond donors (Lipinski definition) is 3. The van der Waals surface area contributed by atoms with Gasteiger partial charge in [0.05, 0.1) is 5.56 Å². The minimum atomic E-state index is -1.26. The van der Waals surface area contributed by atoms with Gasteiger partial charge in [0.1, 0.15) is 12.7 Å². The zero-order chi connectivity index (χ0) is 21.6. The minimum absolute atomic E-state index is 0.0803. The highest BCUT2D eigenvalue weighted by Gasteiger charge is 2.15. The highest BCUT2D eigenvalue weighted by molar-refractivity contribution is 6.69. The normalized spacial score (nSPS) is 16.0. The number of aliphatic hydroxyl groups excluding tert-OH is 1. The maximum absolute atomic E-state index is 11.1. The number of halogens is 1. The van der Waals surface area contributed by atoms with Gasteiger partial charge in [-0.2, -0.15) is 4.73 Å². The van der Waals surface area contributed by atoms with Crippen LogP contribution in [-0.2, 0) is 14.4 Å². The number of aliphatic hydroxyl groups is 1. The van der Waals surface area contributed by atoms with Gasteiger partial charge in [0, 0.05) is 24.8 Å². The fourth-order valence-corrected chi connectivity index (χ4v) is 2.61. The summed E-state index contributed by atoms with van der Waals surface area (Å²) >= 11 is 5.93. The third-order valence-corrected chi connectivity index (χ3v) is 4.00. The van der Waals surface area contributed by atoms with Crippen LogP contribution in [0.3, 0.4) is 0 Å². The molecule has 0 aromatic carbocycles. The number of rotatable bonds is 8. The number of hydrogen-bond acceptors (Lipinski definition) is 7. The fraction of sp³-hybridized carbons (Fsp3) is 0.444. The molecule has 3 N–H and O–H groups in total. The summed E-state index contributed by atoms with van der Waals surface area (Å²) in [6.07, 6.45) is 6.80. The number of piperidine rings is 1. The highest BCUT2D eigenvalue weighted by atomic mass is 35.5. The van der Waals surface area contributed by atoms with E-state index in [9.17, 15) is 19.9 Å². The number of aliphatic carboxylic acids is 2. The van der Waals surface area contributed by atoms with Crippen molar-refractivity contribution < 1.29 is 34.5 Å². The van der Waals surface area contributed by atoms with Crippen LogP contribution in [0.1, 0.15) is 24.8 Å². The zero-order valence-corrected chi connectivity index (χ0v) is 16.4. The molecule has 1 unspecified atom stereocenters. The van der Waals surface area contributed by atoms with Crippen molar-refractivity contribution in [2.24, 2.45) is 5.16 Å². The van der Waals surface area contributed by atoms with Crippen LogP contribution in [0.4, 0.5) is 0 Å². The summed E-state index contributed by atoms with van der Waals surface area (Å²) in [5.74, 6) is -2.51. The van der Waals surface area contributed by atoms with Crippen LogP contribution in [0.15, 0.2) is 41.8 Å². The molecule has 0 amide bonds. The average Bonchev–Trinajstić information content (AvgIpc) is 2.67. The lowest BCUT2D eigenvalue weighted by Crippen LogP contribution is -2.38. The van der Waals surface area contributed by atoms with E-state index in [0.717, 1.165) is 13.1 Å². The number of carboxylic acid groups (broad SMARTS) is 2. The Morgan fingerprint density at radius 2 is 1.90 bits per heavy atom. The minimum Gasteiger partial charge on any atom is -0.619 e. The van der Waals surface area contributed by atoms with Gasteiger partial charge in [0.2, 0.25) is 0 Å². The van der Waals surface area contributed by atoms with Crippen molar-refractivity contribution in [1.29, 1.82) is 0 Å². The predicted octanol–water partition coefficient (Wildman–Crippen LogP) is 0.796. The van der Waals surface area contributed by atoms with Crippen LogP contribution in [0.2, 0.25) is 0 Å². The number of oxime groups is 1. The van der Waals surface area contributed by atoms with Crippen molar-refractivity contribution in [3.8, 4) is 0 Å². The Morgan fingerprint density at radius 3 is 2.45 bits per heavy atom. The van der Waals surface area contributed by atoms with Gasteiger partial charge in [-0.25, -0.2) is 9.59 Å². The molecule has 1 atom stereocenters. The van der Waals surface area contributed by atoms with Gasteiger partial charge in [-0.15, -0.1) is 0 Å². The molecule has 1 aromatic heterocycles. The number of pyridine rings is 1. The quantitative estimate of drug-likeness (QED) is 0.181. The van der Waals surface area contributed by atoms with Crippen LogP contribution in [0.5, 0.6) is 0 Å². The van der Waals surface area contributed by atoms with E-state index in [1.165, 1.54) is 31.7 Å². The molecule has 1 saturated heterocycles. The Balaban J connectivity index is 0.000000447. The Kier molecular flexibility index (Phi) is 11.3. The van der Waals surface area contributed by atoms with E-state index in [1.54, 1.807) is 12.1 Å². The maximum atomic E-state index is 11.1. The summed E-state index contributed by atoms with van der Waals surface area (Å²) in [6, 6.07) is 3.24. The third-order valence-electron chi connectivity index (χ3n) is 3.71. The topological polar surface area (TPSA) is 147 Å². The van der Waals surface area contributed by atoms with Crippen LogP contribution in [0.25, 0.3) is 0 Å². The molecular weight excluding hydrogens is 406 g/mol. The average molecular weight is 430 g/mol. The second-order valence-electron chi connectivity index (χ2n) is 6.16. The highest BCUT2D eigenvalue weighted by Crippen LogP contribution is 2.09. The summed E-state index contributed by atoms with van der Waals surface area (Å²) in [6.45, 7) is 2.71. The van der Waals surface area contributed by atoms with Gasteiger partial charge >= 0.3 is 11.9 Å². The molecule has 0 aliphatic carbocycles. The molecule has 2 heterocycles. The van der Waals surface area contributed by atoms with Gasteiger partial charge in [0.15, 0.2) is 17.6 Å². The lowest BCUT2D eigenvalue weighted by Gasteiger charge is -2.27. The molecule has 160 valence electrons. The number of aromatic nitrogens is 1. The summed E-state index contributed by atoms with van der Waals surface area (Å²) in [5.41, 5.74) is 0.472. The molecule has 0 bridgehead atoms. The van der Waals surface area contributed by atoms with E-state index in [2.05, 4.69) is 10.1 Å². The van der Waals surface area contributed by atoms with E-state index in [-0.39, 0.29) is 11.8 Å². The van der Waals surface area contributed by atoms with Crippen molar-refractivity contribution in [2.45, 2.75) is 25.4 Å². The Hall–Kier alpha value is -2.69. The molecule has 0 spiro atoms. The molecule has 11 heteroatoms. The van der Waals surface area contributed by atoms with Gasteiger partial charge in [0.25, 0.3) is 0 Å². The van der Waals surface area contributed by atoms with Gasteiger partial charge in [-0.3, -0.25) is 0 Å². The number of carboxylic acids is 2. The molecule has 0 radical (unpaired) electrons. The maximum Gasteiger partial charge on any atom is 0.328 e. The first-order valence-corrected chi connectivity index (χ1v) is 9.24. The van der Waals surface area contributed by atoms with Crippen LogP contribution < -0.4 is 4.73 Å². The van der Waals surface area contributed by atoms with Crippen LogP contribution in [-0.4, -0.2) is 69.7 Å². The van der Waals surface area contributed by atoms with E-state index in [1.807, 2.05) is 0 Å². The van der Waals surface area contributed by atoms with Crippen molar-refractivity contribution in [3.63, 3.8) is 0 Å².